The summed E-state index contributed by atoms with van der Waals surface area (Å²) < 4.78 is 0. The van der Waals surface area contributed by atoms with Gasteiger partial charge in [-0.1, -0.05) is 20.8 Å². The van der Waals surface area contributed by atoms with Gasteiger partial charge in [0.05, 0.1) is 0 Å². The first kappa shape index (κ1) is 14.3. The molecule has 3 heteroatoms. The summed E-state index contributed by atoms with van der Waals surface area (Å²) in [4.78, 5) is 5.08. The van der Waals surface area contributed by atoms with Gasteiger partial charge in [-0.25, -0.2) is 0 Å². The van der Waals surface area contributed by atoms with Crippen molar-refractivity contribution in [1.29, 1.82) is 0 Å². The number of nitrogens with two attached hydrogens (primary N) is 1. The van der Waals surface area contributed by atoms with Crippen LogP contribution >= 0.6 is 0 Å². The first-order valence-corrected chi connectivity index (χ1v) is 7.42. The Bertz CT molecular complexity index is 300. The fourth-order valence-corrected chi connectivity index (χ4v) is 4.49. The molecule has 3 nitrogen and oxygen atoms in total. The fourth-order valence-electron chi connectivity index (χ4n) is 4.49. The Morgan fingerprint density at radius 1 is 1.33 bits per heavy atom. The van der Waals surface area contributed by atoms with Gasteiger partial charge >= 0.3 is 0 Å². The smallest absolute Gasteiger partial charge is 0.0363 e. The Morgan fingerprint density at radius 2 is 2.00 bits per heavy atom. The number of rotatable bonds is 3. The minimum Gasteiger partial charge on any atom is -0.329 e. The van der Waals surface area contributed by atoms with Crippen LogP contribution < -0.4 is 5.73 Å². The molecule has 2 rings (SSSR count). The van der Waals surface area contributed by atoms with Crippen molar-refractivity contribution in [2.45, 2.75) is 51.6 Å². The summed E-state index contributed by atoms with van der Waals surface area (Å²) in [6.07, 6.45) is 3.87. The third-order valence-electron chi connectivity index (χ3n) is 5.44. The van der Waals surface area contributed by atoms with Crippen molar-refractivity contribution >= 4 is 0 Å². The number of hydrogen-bond donors (Lipinski definition) is 1. The highest BCUT2D eigenvalue weighted by atomic mass is 15.3. The van der Waals surface area contributed by atoms with Crippen LogP contribution in [-0.2, 0) is 0 Å². The van der Waals surface area contributed by atoms with E-state index < -0.39 is 0 Å². The quantitative estimate of drug-likeness (QED) is 0.832. The maximum atomic E-state index is 6.23. The average Bonchev–Trinajstić information content (AvgIpc) is 2.81. The van der Waals surface area contributed by atoms with Gasteiger partial charge in [-0.15, -0.1) is 0 Å². The average molecular weight is 253 g/mol. The zero-order valence-electron chi connectivity index (χ0n) is 12.9. The third-order valence-corrected chi connectivity index (χ3v) is 5.44. The van der Waals surface area contributed by atoms with Gasteiger partial charge in [-0.3, -0.25) is 4.90 Å². The van der Waals surface area contributed by atoms with Crippen LogP contribution in [0.15, 0.2) is 0 Å². The molecule has 2 aliphatic rings. The molecule has 1 saturated carbocycles. The van der Waals surface area contributed by atoms with Crippen molar-refractivity contribution in [2.24, 2.45) is 17.1 Å². The van der Waals surface area contributed by atoms with Crippen molar-refractivity contribution in [3.05, 3.63) is 0 Å². The molecule has 0 bridgehead atoms. The standard InChI is InChI=1S/C15H31N3/c1-12-8-14(2,3)10-15(12,11-16)18-7-6-13(9-18)17(4)5/h12-13H,6-11,16H2,1-5H3. The predicted molar refractivity (Wildman–Crippen MR) is 77.6 cm³/mol. The molecule has 2 fully saturated rings. The highest BCUT2D eigenvalue weighted by molar-refractivity contribution is 5.08. The summed E-state index contributed by atoms with van der Waals surface area (Å²) in [5.41, 5.74) is 6.94. The van der Waals surface area contributed by atoms with Crippen LogP contribution in [0.4, 0.5) is 0 Å². The highest BCUT2D eigenvalue weighted by Crippen LogP contribution is 2.50. The fraction of sp³-hybridized carbons (Fsp3) is 1.00. The van der Waals surface area contributed by atoms with E-state index in [1.54, 1.807) is 0 Å². The maximum absolute atomic E-state index is 6.23. The largest absolute Gasteiger partial charge is 0.329 e. The van der Waals surface area contributed by atoms with Gasteiger partial charge in [-0.05, 0) is 44.7 Å². The van der Waals surface area contributed by atoms with Crippen molar-refractivity contribution < 1.29 is 0 Å². The van der Waals surface area contributed by atoms with E-state index in [0.717, 1.165) is 12.5 Å². The minimum atomic E-state index is 0.258. The highest BCUT2D eigenvalue weighted by Gasteiger charge is 2.52. The lowest BCUT2D eigenvalue weighted by Gasteiger charge is -2.42. The molecule has 3 atom stereocenters. The zero-order valence-corrected chi connectivity index (χ0v) is 12.9. The molecule has 0 radical (unpaired) electrons. The van der Waals surface area contributed by atoms with Crippen LogP contribution in [0, 0.1) is 11.3 Å². The summed E-state index contributed by atoms with van der Waals surface area (Å²) in [7, 11) is 4.40. The van der Waals surface area contributed by atoms with Gasteiger partial charge in [0.15, 0.2) is 0 Å². The molecular weight excluding hydrogens is 222 g/mol. The first-order valence-electron chi connectivity index (χ1n) is 7.42. The maximum Gasteiger partial charge on any atom is 0.0363 e. The van der Waals surface area contributed by atoms with Gasteiger partial charge in [0.25, 0.3) is 0 Å². The lowest BCUT2D eigenvalue weighted by molar-refractivity contribution is 0.0768. The summed E-state index contributed by atoms with van der Waals surface area (Å²) in [5, 5.41) is 0. The summed E-state index contributed by atoms with van der Waals surface area (Å²) in [6, 6.07) is 0.712. The van der Waals surface area contributed by atoms with Gasteiger partial charge in [0.1, 0.15) is 0 Å². The Morgan fingerprint density at radius 3 is 2.39 bits per heavy atom. The molecule has 0 aromatic carbocycles. The number of likely N-dealkylation sites (N-methyl/N-ethyl adjacent to an activating group) is 1. The molecule has 1 aliphatic carbocycles. The van der Waals surface area contributed by atoms with E-state index in [1.165, 1.54) is 32.4 Å². The summed E-state index contributed by atoms with van der Waals surface area (Å²) in [5.74, 6) is 0.721. The molecular formula is C15H31N3. The number of hydrogen-bond acceptors (Lipinski definition) is 3. The van der Waals surface area contributed by atoms with E-state index in [-0.39, 0.29) is 5.54 Å². The molecule has 0 spiro atoms. The van der Waals surface area contributed by atoms with E-state index in [9.17, 15) is 0 Å². The molecule has 18 heavy (non-hydrogen) atoms. The Hall–Kier alpha value is -0.120. The molecule has 3 unspecified atom stereocenters. The normalized spacial score (nSPS) is 40.8. The Kier molecular flexibility index (Phi) is 3.79. The third kappa shape index (κ3) is 2.33. The monoisotopic (exact) mass is 253 g/mol. The lowest BCUT2D eigenvalue weighted by Crippen LogP contribution is -2.55. The van der Waals surface area contributed by atoms with E-state index >= 15 is 0 Å². The van der Waals surface area contributed by atoms with Crippen LogP contribution in [0.1, 0.15) is 40.0 Å². The minimum absolute atomic E-state index is 0.258. The SMILES string of the molecule is CC1CC(C)(C)CC1(CN)N1CCC(N(C)C)C1. The van der Waals surface area contributed by atoms with Crippen LogP contribution in [0.2, 0.25) is 0 Å². The van der Waals surface area contributed by atoms with E-state index in [0.29, 0.717) is 11.5 Å². The molecule has 106 valence electrons. The molecule has 0 aromatic heterocycles. The number of likely N-dealkylation sites (tertiary alicyclic amines) is 1. The second-order valence-corrected chi connectivity index (χ2v) is 7.61. The van der Waals surface area contributed by atoms with Gasteiger partial charge in [0.2, 0.25) is 0 Å². The van der Waals surface area contributed by atoms with Crippen LogP contribution in [0.25, 0.3) is 0 Å². The van der Waals surface area contributed by atoms with Gasteiger partial charge in [-0.2, -0.15) is 0 Å². The van der Waals surface area contributed by atoms with Gasteiger partial charge < -0.3 is 10.6 Å². The molecule has 1 aliphatic heterocycles. The molecule has 2 N–H and O–H groups in total. The molecule has 0 aromatic rings. The van der Waals surface area contributed by atoms with Crippen LogP contribution in [0.3, 0.4) is 0 Å². The summed E-state index contributed by atoms with van der Waals surface area (Å²) in [6.45, 7) is 10.5. The van der Waals surface area contributed by atoms with Crippen LogP contribution in [-0.4, -0.2) is 55.1 Å². The van der Waals surface area contributed by atoms with E-state index in [1.807, 2.05) is 0 Å². The van der Waals surface area contributed by atoms with Gasteiger partial charge in [0, 0.05) is 31.2 Å². The van der Waals surface area contributed by atoms with Crippen LogP contribution in [0.5, 0.6) is 0 Å². The summed E-state index contributed by atoms with van der Waals surface area (Å²) >= 11 is 0. The predicted octanol–water partition coefficient (Wildman–Crippen LogP) is 1.78. The van der Waals surface area contributed by atoms with Crippen molar-refractivity contribution in [1.82, 2.24) is 9.80 Å². The van der Waals surface area contributed by atoms with E-state index in [2.05, 4.69) is 44.7 Å². The molecule has 1 heterocycles. The van der Waals surface area contributed by atoms with Crippen molar-refractivity contribution in [3.63, 3.8) is 0 Å². The molecule has 0 amide bonds. The van der Waals surface area contributed by atoms with Crippen molar-refractivity contribution in [2.75, 3.05) is 33.7 Å². The second kappa shape index (κ2) is 4.77. The second-order valence-electron chi connectivity index (χ2n) is 7.61. The topological polar surface area (TPSA) is 32.5 Å². The van der Waals surface area contributed by atoms with Crippen molar-refractivity contribution in [3.8, 4) is 0 Å². The first-order chi connectivity index (χ1) is 8.31. The molecule has 1 saturated heterocycles. The lowest BCUT2D eigenvalue weighted by atomic mass is 9.85. The number of nitrogens with zero attached hydrogens (tertiary/aromatic N) is 2. The Balaban J connectivity index is 2.15. The van der Waals surface area contributed by atoms with E-state index in [4.69, 9.17) is 5.73 Å². The Labute approximate surface area is 113 Å². The zero-order chi connectivity index (χ0) is 13.6.